The molecule has 1 aromatic heterocycles. The second-order valence-electron chi connectivity index (χ2n) is 4.24. The third-order valence-electron chi connectivity index (χ3n) is 2.66. The zero-order valence-electron chi connectivity index (χ0n) is 10.6. The standard InChI is InChI=1S/C13H12BrFN2O2S/c1-7-4-10(15)9(14)5-11(7)17-13-16-8(6-20-13)2-3-12(18)19/h4-6H,2-3H2,1H3,(H,16,17)(H,18,19). The van der Waals surface area contributed by atoms with Gasteiger partial charge in [-0.25, -0.2) is 9.37 Å². The SMILES string of the molecule is Cc1cc(F)c(Br)cc1Nc1nc(CCC(=O)O)cs1. The lowest BCUT2D eigenvalue weighted by Gasteiger charge is -2.08. The fraction of sp³-hybridized carbons (Fsp3) is 0.231. The van der Waals surface area contributed by atoms with Crippen LogP contribution in [0.1, 0.15) is 17.7 Å². The second kappa shape index (κ2) is 6.32. The van der Waals surface area contributed by atoms with Crippen molar-refractivity contribution in [1.29, 1.82) is 0 Å². The summed E-state index contributed by atoms with van der Waals surface area (Å²) in [6, 6.07) is 3.09. The van der Waals surface area contributed by atoms with Crippen molar-refractivity contribution in [3.8, 4) is 0 Å². The number of aromatic nitrogens is 1. The number of nitrogens with zero attached hydrogens (tertiary/aromatic N) is 1. The molecule has 2 N–H and O–H groups in total. The van der Waals surface area contributed by atoms with E-state index in [-0.39, 0.29) is 12.2 Å². The third-order valence-corrected chi connectivity index (χ3v) is 4.07. The number of carboxylic acids is 1. The van der Waals surface area contributed by atoms with Gasteiger partial charge in [-0.15, -0.1) is 11.3 Å². The monoisotopic (exact) mass is 358 g/mol. The summed E-state index contributed by atoms with van der Waals surface area (Å²) >= 11 is 4.53. The van der Waals surface area contributed by atoms with Crippen LogP contribution in [0.25, 0.3) is 0 Å². The number of benzene rings is 1. The predicted octanol–water partition coefficient (Wildman–Crippen LogP) is 4.11. The number of thiazole rings is 1. The van der Waals surface area contributed by atoms with Crippen molar-refractivity contribution in [3.05, 3.63) is 39.1 Å². The van der Waals surface area contributed by atoms with Crippen LogP contribution in [0.15, 0.2) is 22.0 Å². The largest absolute Gasteiger partial charge is 0.481 e. The van der Waals surface area contributed by atoms with Crippen molar-refractivity contribution < 1.29 is 14.3 Å². The molecule has 0 unspecified atom stereocenters. The van der Waals surface area contributed by atoms with Crippen LogP contribution in [0.3, 0.4) is 0 Å². The highest BCUT2D eigenvalue weighted by Crippen LogP contribution is 2.28. The maximum Gasteiger partial charge on any atom is 0.303 e. The summed E-state index contributed by atoms with van der Waals surface area (Å²) in [6.07, 6.45) is 0.462. The van der Waals surface area contributed by atoms with Crippen molar-refractivity contribution in [2.75, 3.05) is 5.32 Å². The van der Waals surface area contributed by atoms with Gasteiger partial charge in [0.15, 0.2) is 5.13 Å². The summed E-state index contributed by atoms with van der Waals surface area (Å²) in [6.45, 7) is 1.80. The van der Waals surface area contributed by atoms with Crippen LogP contribution in [0, 0.1) is 12.7 Å². The fourth-order valence-corrected chi connectivity index (χ4v) is 2.71. The molecule has 0 saturated heterocycles. The highest BCUT2D eigenvalue weighted by molar-refractivity contribution is 9.10. The third kappa shape index (κ3) is 3.77. The number of carbonyl (C=O) groups is 1. The van der Waals surface area contributed by atoms with Gasteiger partial charge >= 0.3 is 5.97 Å². The Bertz CT molecular complexity index is 645. The Balaban J connectivity index is 2.10. The van der Waals surface area contributed by atoms with E-state index in [4.69, 9.17) is 5.11 Å². The summed E-state index contributed by atoms with van der Waals surface area (Å²) in [7, 11) is 0. The van der Waals surface area contributed by atoms with Crippen LogP contribution in [-0.4, -0.2) is 16.1 Å². The number of aliphatic carboxylic acids is 1. The van der Waals surface area contributed by atoms with Crippen molar-refractivity contribution in [1.82, 2.24) is 4.98 Å². The molecule has 0 aliphatic heterocycles. The molecule has 20 heavy (non-hydrogen) atoms. The van der Waals surface area contributed by atoms with Crippen LogP contribution >= 0.6 is 27.3 Å². The number of carboxylic acid groups (broad SMARTS) is 1. The molecule has 2 aromatic rings. The minimum Gasteiger partial charge on any atom is -0.481 e. The van der Waals surface area contributed by atoms with Crippen LogP contribution in [-0.2, 0) is 11.2 Å². The maximum atomic E-state index is 13.3. The normalized spacial score (nSPS) is 10.6. The predicted molar refractivity (Wildman–Crippen MR) is 80.2 cm³/mol. The molecule has 4 nitrogen and oxygen atoms in total. The number of hydrogen-bond acceptors (Lipinski definition) is 4. The van der Waals surface area contributed by atoms with E-state index < -0.39 is 5.97 Å². The number of aryl methyl sites for hydroxylation is 2. The first-order valence-corrected chi connectivity index (χ1v) is 7.52. The van der Waals surface area contributed by atoms with Gasteiger partial charge in [-0.05, 0) is 40.5 Å². The Morgan fingerprint density at radius 2 is 2.30 bits per heavy atom. The molecule has 0 radical (unpaired) electrons. The van der Waals surface area contributed by atoms with Crippen LogP contribution in [0.4, 0.5) is 15.2 Å². The highest BCUT2D eigenvalue weighted by Gasteiger charge is 2.08. The zero-order chi connectivity index (χ0) is 14.7. The molecule has 0 amide bonds. The maximum absolute atomic E-state index is 13.3. The zero-order valence-corrected chi connectivity index (χ0v) is 13.0. The van der Waals surface area contributed by atoms with Crippen molar-refractivity contribution in [2.45, 2.75) is 19.8 Å². The summed E-state index contributed by atoms with van der Waals surface area (Å²) in [5.41, 5.74) is 2.27. The smallest absolute Gasteiger partial charge is 0.303 e. The van der Waals surface area contributed by atoms with Gasteiger partial charge in [0.1, 0.15) is 5.82 Å². The van der Waals surface area contributed by atoms with Crippen molar-refractivity contribution >= 4 is 44.1 Å². The molecule has 0 fully saturated rings. The van der Waals surface area contributed by atoms with Gasteiger partial charge in [0, 0.05) is 17.5 Å². The first-order chi connectivity index (χ1) is 9.45. The van der Waals surface area contributed by atoms with Gasteiger partial charge in [-0.3, -0.25) is 4.79 Å². The van der Waals surface area contributed by atoms with E-state index in [0.717, 1.165) is 16.9 Å². The topological polar surface area (TPSA) is 62.2 Å². The van der Waals surface area contributed by atoms with Gasteiger partial charge in [0.05, 0.1) is 16.6 Å². The van der Waals surface area contributed by atoms with E-state index in [1.807, 2.05) is 5.38 Å². The summed E-state index contributed by atoms with van der Waals surface area (Å²) in [5, 5.41) is 14.2. The molecule has 7 heteroatoms. The van der Waals surface area contributed by atoms with Gasteiger partial charge in [0.2, 0.25) is 0 Å². The van der Waals surface area contributed by atoms with Gasteiger partial charge in [0.25, 0.3) is 0 Å². The molecule has 0 bridgehead atoms. The van der Waals surface area contributed by atoms with Gasteiger partial charge in [-0.2, -0.15) is 0 Å². The fourth-order valence-electron chi connectivity index (χ4n) is 1.61. The van der Waals surface area contributed by atoms with E-state index in [0.29, 0.717) is 16.0 Å². The Morgan fingerprint density at radius 3 is 3.00 bits per heavy atom. The van der Waals surface area contributed by atoms with E-state index >= 15 is 0 Å². The van der Waals surface area contributed by atoms with E-state index in [1.165, 1.54) is 17.4 Å². The quantitative estimate of drug-likeness (QED) is 0.843. The summed E-state index contributed by atoms with van der Waals surface area (Å²) in [4.78, 5) is 14.8. The number of hydrogen-bond donors (Lipinski definition) is 2. The van der Waals surface area contributed by atoms with Crippen molar-refractivity contribution in [3.63, 3.8) is 0 Å². The Labute approximate surface area is 127 Å². The van der Waals surface area contributed by atoms with Gasteiger partial charge < -0.3 is 10.4 Å². The second-order valence-corrected chi connectivity index (χ2v) is 5.96. The van der Waals surface area contributed by atoms with Crippen LogP contribution in [0.2, 0.25) is 0 Å². The number of anilines is 2. The molecule has 0 saturated carbocycles. The molecule has 106 valence electrons. The highest BCUT2D eigenvalue weighted by atomic mass is 79.9. The minimum atomic E-state index is -0.842. The number of halogens is 2. The first-order valence-electron chi connectivity index (χ1n) is 5.84. The van der Waals surface area contributed by atoms with Crippen molar-refractivity contribution in [2.24, 2.45) is 0 Å². The average molecular weight is 359 g/mol. The lowest BCUT2D eigenvalue weighted by Crippen LogP contribution is -1.98. The molecular weight excluding hydrogens is 347 g/mol. The van der Waals surface area contributed by atoms with E-state index in [1.54, 1.807) is 13.0 Å². The molecule has 0 aliphatic carbocycles. The summed E-state index contributed by atoms with van der Waals surface area (Å²) < 4.78 is 13.7. The number of rotatable bonds is 5. The molecule has 0 aliphatic rings. The van der Waals surface area contributed by atoms with Crippen LogP contribution in [0.5, 0.6) is 0 Å². The number of nitrogens with one attached hydrogen (secondary N) is 1. The lowest BCUT2D eigenvalue weighted by atomic mass is 10.2. The molecule has 2 rings (SSSR count). The van der Waals surface area contributed by atoms with E-state index in [2.05, 4.69) is 26.2 Å². The molecule has 1 aromatic carbocycles. The van der Waals surface area contributed by atoms with Gasteiger partial charge in [-0.1, -0.05) is 0 Å². The summed E-state index contributed by atoms with van der Waals surface area (Å²) in [5.74, 6) is -1.15. The molecule has 0 atom stereocenters. The first kappa shape index (κ1) is 14.9. The lowest BCUT2D eigenvalue weighted by molar-refractivity contribution is -0.136. The van der Waals surface area contributed by atoms with Crippen LogP contribution < -0.4 is 5.32 Å². The molecule has 1 heterocycles. The van der Waals surface area contributed by atoms with E-state index in [9.17, 15) is 9.18 Å². The molecular formula is C13H12BrFN2O2S. The Kier molecular flexibility index (Phi) is 4.72. The Hall–Kier alpha value is -1.47. The Morgan fingerprint density at radius 1 is 1.55 bits per heavy atom. The average Bonchev–Trinajstić information content (AvgIpc) is 2.81. The molecule has 0 spiro atoms. The minimum absolute atomic E-state index is 0.0598.